The molecule has 2 heterocycles. The minimum atomic E-state index is -3.73. The Morgan fingerprint density at radius 2 is 2.00 bits per heavy atom. The van der Waals surface area contributed by atoms with Crippen LogP contribution in [-0.4, -0.2) is 23.6 Å². The number of benzene rings is 1. The van der Waals surface area contributed by atoms with Gasteiger partial charge in [0.25, 0.3) is 10.0 Å². The Balaban J connectivity index is 2.10. The van der Waals surface area contributed by atoms with Crippen LogP contribution in [0.1, 0.15) is 11.3 Å². The second kappa shape index (κ2) is 4.85. The van der Waals surface area contributed by atoms with Crippen molar-refractivity contribution < 1.29 is 8.42 Å². The normalized spacial score (nSPS) is 11.7. The van der Waals surface area contributed by atoms with Crippen molar-refractivity contribution in [1.82, 2.24) is 15.2 Å². The van der Waals surface area contributed by atoms with Gasteiger partial charge in [-0.2, -0.15) is 5.10 Å². The second-order valence-corrected chi connectivity index (χ2v) is 6.53. The SMILES string of the molecule is Cc1cnc2c(S(=O)(=O)Nc3cc(C)[nH]n3)cccc2c1. The molecule has 0 aliphatic carbocycles. The fraction of sp³-hybridized carbons (Fsp3) is 0.143. The molecule has 6 nitrogen and oxygen atoms in total. The molecule has 1 aromatic carbocycles. The van der Waals surface area contributed by atoms with Crippen molar-refractivity contribution in [3.63, 3.8) is 0 Å². The van der Waals surface area contributed by atoms with E-state index in [0.717, 1.165) is 16.6 Å². The van der Waals surface area contributed by atoms with E-state index in [0.29, 0.717) is 5.52 Å². The lowest BCUT2D eigenvalue weighted by molar-refractivity contribution is 0.601. The first-order valence-electron chi connectivity index (χ1n) is 6.36. The summed E-state index contributed by atoms with van der Waals surface area (Å²) < 4.78 is 27.5. The van der Waals surface area contributed by atoms with Crippen molar-refractivity contribution in [2.24, 2.45) is 0 Å². The molecule has 0 spiro atoms. The molecule has 0 fully saturated rings. The highest BCUT2D eigenvalue weighted by Gasteiger charge is 2.19. The molecule has 0 aliphatic rings. The van der Waals surface area contributed by atoms with Crippen LogP contribution in [0.3, 0.4) is 0 Å². The first kappa shape index (κ1) is 13.6. The number of aromatic nitrogens is 3. The number of rotatable bonds is 3. The predicted molar refractivity (Wildman–Crippen MR) is 80.6 cm³/mol. The van der Waals surface area contributed by atoms with E-state index in [1.807, 2.05) is 19.1 Å². The van der Waals surface area contributed by atoms with Gasteiger partial charge in [-0.3, -0.25) is 14.8 Å². The van der Waals surface area contributed by atoms with E-state index in [2.05, 4.69) is 19.9 Å². The van der Waals surface area contributed by atoms with E-state index in [4.69, 9.17) is 0 Å². The zero-order valence-electron chi connectivity index (χ0n) is 11.6. The number of fused-ring (bicyclic) bond motifs is 1. The Labute approximate surface area is 122 Å². The maximum Gasteiger partial charge on any atom is 0.265 e. The molecule has 0 aliphatic heterocycles. The molecule has 0 atom stereocenters. The zero-order chi connectivity index (χ0) is 15.0. The van der Waals surface area contributed by atoms with Gasteiger partial charge in [0.2, 0.25) is 0 Å². The molecular weight excluding hydrogens is 288 g/mol. The van der Waals surface area contributed by atoms with Gasteiger partial charge < -0.3 is 0 Å². The van der Waals surface area contributed by atoms with Crippen molar-refractivity contribution in [3.05, 3.63) is 47.8 Å². The van der Waals surface area contributed by atoms with Gasteiger partial charge >= 0.3 is 0 Å². The number of para-hydroxylation sites is 1. The first-order chi connectivity index (χ1) is 9.95. The van der Waals surface area contributed by atoms with Crippen LogP contribution in [0.5, 0.6) is 0 Å². The third-order valence-corrected chi connectivity index (χ3v) is 4.43. The molecule has 2 aromatic heterocycles. The van der Waals surface area contributed by atoms with Crippen LogP contribution >= 0.6 is 0 Å². The Hall–Kier alpha value is -2.41. The highest BCUT2D eigenvalue weighted by Crippen LogP contribution is 2.23. The number of aryl methyl sites for hydroxylation is 2. The zero-order valence-corrected chi connectivity index (χ0v) is 12.4. The molecule has 0 bridgehead atoms. The summed E-state index contributed by atoms with van der Waals surface area (Å²) in [6.45, 7) is 3.71. The number of nitrogens with zero attached hydrogens (tertiary/aromatic N) is 2. The average molecular weight is 302 g/mol. The second-order valence-electron chi connectivity index (χ2n) is 4.88. The molecule has 0 saturated heterocycles. The largest absolute Gasteiger partial charge is 0.281 e. The molecule has 3 aromatic rings. The molecule has 0 unspecified atom stereocenters. The molecule has 0 radical (unpaired) electrons. The summed E-state index contributed by atoms with van der Waals surface area (Å²) in [4.78, 5) is 4.39. The first-order valence-corrected chi connectivity index (χ1v) is 7.84. The van der Waals surface area contributed by atoms with Crippen LogP contribution in [0.2, 0.25) is 0 Å². The molecule has 21 heavy (non-hydrogen) atoms. The lowest BCUT2D eigenvalue weighted by Gasteiger charge is -2.08. The molecule has 7 heteroatoms. The number of sulfonamides is 1. The highest BCUT2D eigenvalue weighted by molar-refractivity contribution is 7.93. The molecular formula is C14H14N4O2S. The van der Waals surface area contributed by atoms with Gasteiger partial charge in [0.1, 0.15) is 4.90 Å². The predicted octanol–water partition coefficient (Wildman–Crippen LogP) is 2.38. The fourth-order valence-corrected chi connectivity index (χ4v) is 3.30. The lowest BCUT2D eigenvalue weighted by Crippen LogP contribution is -2.14. The number of nitrogens with one attached hydrogen (secondary N) is 2. The maximum atomic E-state index is 12.5. The van der Waals surface area contributed by atoms with Crippen LogP contribution < -0.4 is 4.72 Å². The summed E-state index contributed by atoms with van der Waals surface area (Å²) in [5.41, 5.74) is 2.20. The summed E-state index contributed by atoms with van der Waals surface area (Å²) in [7, 11) is -3.73. The summed E-state index contributed by atoms with van der Waals surface area (Å²) in [5, 5.41) is 7.37. The van der Waals surface area contributed by atoms with Crippen molar-refractivity contribution >= 4 is 26.7 Å². The third-order valence-electron chi connectivity index (χ3n) is 3.05. The molecule has 108 valence electrons. The van der Waals surface area contributed by atoms with Crippen molar-refractivity contribution in [2.75, 3.05) is 4.72 Å². The number of hydrogen-bond donors (Lipinski definition) is 2. The maximum absolute atomic E-state index is 12.5. The summed E-state index contributed by atoms with van der Waals surface area (Å²) in [5.74, 6) is 0.261. The summed E-state index contributed by atoms with van der Waals surface area (Å²) in [6, 6.07) is 8.60. The topological polar surface area (TPSA) is 87.7 Å². The Bertz CT molecular complexity index is 916. The third kappa shape index (κ3) is 2.59. The standard InChI is InChI=1S/C14H14N4O2S/c1-9-6-11-4-3-5-12(14(11)15-8-9)21(19,20)18-13-7-10(2)16-17-13/h3-8H,1-2H3,(H2,16,17,18). The Morgan fingerprint density at radius 3 is 2.71 bits per heavy atom. The van der Waals surface area contributed by atoms with Crippen LogP contribution in [0.25, 0.3) is 10.9 Å². The Kier molecular flexibility index (Phi) is 3.13. The van der Waals surface area contributed by atoms with Gasteiger partial charge in [0.05, 0.1) is 5.52 Å². The number of aromatic amines is 1. The molecule has 0 amide bonds. The van der Waals surface area contributed by atoms with Gasteiger partial charge in [-0.05, 0) is 31.5 Å². The van der Waals surface area contributed by atoms with E-state index in [1.54, 1.807) is 25.3 Å². The quantitative estimate of drug-likeness (QED) is 0.777. The van der Waals surface area contributed by atoms with E-state index in [1.165, 1.54) is 6.07 Å². The Morgan fingerprint density at radius 1 is 1.19 bits per heavy atom. The summed E-state index contributed by atoms with van der Waals surface area (Å²) in [6.07, 6.45) is 1.65. The van der Waals surface area contributed by atoms with E-state index in [-0.39, 0.29) is 10.7 Å². The van der Waals surface area contributed by atoms with Crippen molar-refractivity contribution in [3.8, 4) is 0 Å². The van der Waals surface area contributed by atoms with E-state index >= 15 is 0 Å². The monoisotopic (exact) mass is 302 g/mol. The minimum absolute atomic E-state index is 0.139. The van der Waals surface area contributed by atoms with Crippen LogP contribution in [0.4, 0.5) is 5.82 Å². The molecule has 2 N–H and O–H groups in total. The van der Waals surface area contributed by atoms with E-state index in [9.17, 15) is 8.42 Å². The van der Waals surface area contributed by atoms with Crippen molar-refractivity contribution in [2.45, 2.75) is 18.7 Å². The summed E-state index contributed by atoms with van der Waals surface area (Å²) >= 11 is 0. The van der Waals surface area contributed by atoms with Crippen molar-refractivity contribution in [1.29, 1.82) is 0 Å². The minimum Gasteiger partial charge on any atom is -0.281 e. The van der Waals surface area contributed by atoms with Crippen LogP contribution in [0.15, 0.2) is 41.4 Å². The van der Waals surface area contributed by atoms with Gasteiger partial charge in [0, 0.05) is 23.3 Å². The van der Waals surface area contributed by atoms with Gasteiger partial charge in [-0.15, -0.1) is 0 Å². The van der Waals surface area contributed by atoms with E-state index < -0.39 is 10.0 Å². The molecule has 3 rings (SSSR count). The van der Waals surface area contributed by atoms with Gasteiger partial charge in [-0.1, -0.05) is 12.1 Å². The average Bonchev–Trinajstić information content (AvgIpc) is 2.82. The number of anilines is 1. The smallest absolute Gasteiger partial charge is 0.265 e. The van der Waals surface area contributed by atoms with Crippen LogP contribution in [-0.2, 0) is 10.0 Å². The highest BCUT2D eigenvalue weighted by atomic mass is 32.2. The number of hydrogen-bond acceptors (Lipinski definition) is 4. The fourth-order valence-electron chi connectivity index (χ4n) is 2.12. The number of pyridine rings is 1. The lowest BCUT2D eigenvalue weighted by atomic mass is 10.2. The van der Waals surface area contributed by atoms with Gasteiger partial charge in [-0.25, -0.2) is 8.42 Å². The number of H-pyrrole nitrogens is 1. The molecule has 0 saturated carbocycles. The van der Waals surface area contributed by atoms with Gasteiger partial charge in [0.15, 0.2) is 5.82 Å². The van der Waals surface area contributed by atoms with Crippen LogP contribution in [0, 0.1) is 13.8 Å².